The van der Waals surface area contributed by atoms with Crippen LogP contribution in [0.1, 0.15) is 40.2 Å². The van der Waals surface area contributed by atoms with Crippen molar-refractivity contribution in [1.82, 2.24) is 0 Å². The second-order valence-corrected chi connectivity index (χ2v) is 6.17. The molecule has 0 heterocycles. The van der Waals surface area contributed by atoms with E-state index in [4.69, 9.17) is 12.6 Å². The molecule has 0 aliphatic heterocycles. The fraction of sp³-hybridized carbons (Fsp3) is 0.261. The van der Waals surface area contributed by atoms with E-state index in [2.05, 4.69) is 15.5 Å². The van der Waals surface area contributed by atoms with Crippen LogP contribution in [0.2, 0.25) is 0 Å². The lowest BCUT2D eigenvalue weighted by atomic mass is 10.0. The van der Waals surface area contributed by atoms with Gasteiger partial charge in [-0.05, 0) is 42.1 Å². The fourth-order valence-corrected chi connectivity index (χ4v) is 2.56. The van der Waals surface area contributed by atoms with E-state index in [1.807, 2.05) is 83.1 Å². The monoisotopic (exact) mass is 459 g/mol. The van der Waals surface area contributed by atoms with E-state index in [-0.39, 0.29) is 11.7 Å². The van der Waals surface area contributed by atoms with Crippen LogP contribution in [0.5, 0.6) is 5.75 Å². The first kappa shape index (κ1) is 28.4. The Morgan fingerprint density at radius 3 is 2.00 bits per heavy atom. The molecule has 0 aliphatic rings. The maximum absolute atomic E-state index is 11.4. The van der Waals surface area contributed by atoms with Gasteiger partial charge in [0.05, 0.1) is 11.4 Å². The molecule has 0 atom stereocenters. The Balaban J connectivity index is 0.00000106. The summed E-state index contributed by atoms with van der Waals surface area (Å²) in [6.45, 7) is 11.4. The summed E-state index contributed by atoms with van der Waals surface area (Å²) in [5.41, 5.74) is 2.60. The van der Waals surface area contributed by atoms with E-state index in [9.17, 15) is 9.90 Å². The number of nitrogens with zero attached hydrogens (tertiary/aromatic N) is 2. The molecule has 3 aromatic rings. The fourth-order valence-electron chi connectivity index (χ4n) is 2.56. The molecule has 1 amide bonds. The minimum absolute atomic E-state index is 0.00377. The molecule has 0 radical (unpaired) electrons. The van der Waals surface area contributed by atoms with E-state index in [1.165, 1.54) is 6.92 Å². The maximum atomic E-state index is 11.4. The molecule has 2 N–H and O–H groups in total. The molecule has 0 saturated heterocycles. The minimum Gasteiger partial charge on any atom is -0.505 e. The third kappa shape index (κ3) is 9.48. The van der Waals surface area contributed by atoms with Gasteiger partial charge in [0.1, 0.15) is 5.69 Å². The lowest BCUT2D eigenvalue weighted by Gasteiger charge is -2.11. The number of nitrogens with one attached hydrogen (secondary N) is 1. The Morgan fingerprint density at radius 2 is 1.47 bits per heavy atom. The summed E-state index contributed by atoms with van der Waals surface area (Å²) in [5, 5.41) is 23.0. The van der Waals surface area contributed by atoms with Gasteiger partial charge in [0.25, 0.3) is 0 Å². The van der Waals surface area contributed by atoms with Gasteiger partial charge >= 0.3 is 10.6 Å². The van der Waals surface area contributed by atoms with Crippen LogP contribution in [-0.2, 0) is 15.4 Å². The number of hydrogen-bond donors (Lipinski definition) is 2. The molecule has 8 nitrogen and oxygen atoms in total. The number of rotatable bonds is 3. The van der Waals surface area contributed by atoms with Crippen molar-refractivity contribution >= 4 is 44.4 Å². The lowest BCUT2D eigenvalue weighted by molar-refractivity contribution is -0.114. The van der Waals surface area contributed by atoms with Crippen LogP contribution in [0.3, 0.4) is 0 Å². The number of fused-ring (bicyclic) bond motifs is 1. The van der Waals surface area contributed by atoms with Gasteiger partial charge in [-0.1, -0.05) is 58.0 Å². The van der Waals surface area contributed by atoms with Crippen molar-refractivity contribution in [1.29, 1.82) is 0 Å². The van der Waals surface area contributed by atoms with Crippen molar-refractivity contribution in [3.63, 3.8) is 0 Å². The Bertz CT molecular complexity index is 1140. The van der Waals surface area contributed by atoms with Gasteiger partial charge in [-0.2, -0.15) is 5.11 Å². The third-order valence-electron chi connectivity index (χ3n) is 3.55. The lowest BCUT2D eigenvalue weighted by Crippen LogP contribution is -2.06. The van der Waals surface area contributed by atoms with E-state index in [0.29, 0.717) is 22.4 Å². The number of anilines is 1. The molecule has 0 aromatic heterocycles. The predicted octanol–water partition coefficient (Wildman–Crippen LogP) is 6.28. The van der Waals surface area contributed by atoms with Crippen LogP contribution < -0.4 is 5.32 Å². The average Bonchev–Trinajstić information content (AvgIpc) is 2.76. The maximum Gasteiger partial charge on any atom is 0.425 e. The van der Waals surface area contributed by atoms with Crippen molar-refractivity contribution in [2.45, 2.75) is 41.5 Å². The van der Waals surface area contributed by atoms with E-state index >= 15 is 0 Å². The summed E-state index contributed by atoms with van der Waals surface area (Å²) in [5.74, 6) is -0.200. The van der Waals surface area contributed by atoms with Gasteiger partial charge in [-0.3, -0.25) is 4.79 Å². The van der Waals surface area contributed by atoms with Crippen LogP contribution in [0.4, 0.5) is 17.1 Å². The SMILES string of the molecule is CC.CC.CC(=O)Nc1cc(C)cc2ccc(N=Nc3ccccc3)c(O)c12.O=S(=O)=O. The number of aromatic hydroxyl groups is 1. The zero-order valence-corrected chi connectivity index (χ0v) is 19.9. The quantitative estimate of drug-likeness (QED) is 0.446. The number of phenolic OH excluding ortho intramolecular Hbond substituents is 1. The van der Waals surface area contributed by atoms with Gasteiger partial charge in [-0.25, -0.2) is 0 Å². The van der Waals surface area contributed by atoms with Gasteiger partial charge in [0, 0.05) is 12.3 Å². The summed E-state index contributed by atoms with van der Waals surface area (Å²) in [6.07, 6.45) is 0. The second-order valence-electron chi connectivity index (χ2n) is 5.76. The van der Waals surface area contributed by atoms with E-state index in [0.717, 1.165) is 10.9 Å². The van der Waals surface area contributed by atoms with Gasteiger partial charge < -0.3 is 10.4 Å². The molecule has 3 aromatic carbocycles. The van der Waals surface area contributed by atoms with E-state index in [1.54, 1.807) is 6.07 Å². The van der Waals surface area contributed by atoms with Crippen molar-refractivity contribution in [3.8, 4) is 5.75 Å². The number of carbonyl (C=O) groups is 1. The number of hydrogen-bond acceptors (Lipinski definition) is 7. The predicted molar refractivity (Wildman–Crippen MR) is 128 cm³/mol. The first-order chi connectivity index (χ1) is 15.3. The van der Waals surface area contributed by atoms with Crippen molar-refractivity contribution in [3.05, 3.63) is 60.2 Å². The van der Waals surface area contributed by atoms with E-state index < -0.39 is 10.6 Å². The summed E-state index contributed by atoms with van der Waals surface area (Å²) in [6, 6.07) is 16.6. The molecule has 32 heavy (non-hydrogen) atoms. The molecule has 0 aliphatic carbocycles. The normalized spacial score (nSPS) is 9.44. The molecular formula is C23H29N3O5S. The first-order valence-electron chi connectivity index (χ1n) is 10.1. The standard InChI is InChI=1S/C19H17N3O2.2C2H6.O3S/c1-12-10-14-8-9-16(22-21-15-6-4-3-5-7-15)19(24)18(14)17(11-12)20-13(2)23;2*1-2;1-4(2)3/h3-11,24H,1-2H3,(H,20,23);2*1-2H3;. The smallest absolute Gasteiger partial charge is 0.425 e. The molecule has 9 heteroatoms. The van der Waals surface area contributed by atoms with Crippen molar-refractivity contribution in [2.24, 2.45) is 10.2 Å². The first-order valence-corrected chi connectivity index (χ1v) is 11.1. The number of benzene rings is 3. The molecule has 0 fully saturated rings. The van der Waals surface area contributed by atoms with Crippen LogP contribution in [0.15, 0.2) is 64.8 Å². The second kappa shape index (κ2) is 15.2. The number of amides is 1. The van der Waals surface area contributed by atoms with Crippen LogP contribution in [0, 0.1) is 6.92 Å². The number of phenols is 1. The third-order valence-corrected chi connectivity index (χ3v) is 3.55. The number of aryl methyl sites for hydroxylation is 1. The molecular weight excluding hydrogens is 430 g/mol. The van der Waals surface area contributed by atoms with Gasteiger partial charge in [0.2, 0.25) is 5.91 Å². The number of carbonyl (C=O) groups excluding carboxylic acids is 1. The number of azo groups is 1. The van der Waals surface area contributed by atoms with Gasteiger partial charge in [0.15, 0.2) is 5.75 Å². The highest BCUT2D eigenvalue weighted by Gasteiger charge is 2.12. The van der Waals surface area contributed by atoms with Crippen molar-refractivity contribution < 1.29 is 22.5 Å². The van der Waals surface area contributed by atoms with Gasteiger partial charge in [-0.15, -0.1) is 17.7 Å². The summed E-state index contributed by atoms with van der Waals surface area (Å²) in [7, 11) is -3.11. The molecule has 0 spiro atoms. The summed E-state index contributed by atoms with van der Waals surface area (Å²) in [4.78, 5) is 11.4. The van der Waals surface area contributed by atoms with Crippen molar-refractivity contribution in [2.75, 3.05) is 5.32 Å². The summed E-state index contributed by atoms with van der Waals surface area (Å²) >= 11 is 0. The summed E-state index contributed by atoms with van der Waals surface area (Å²) < 4.78 is 25.3. The Hall–Kier alpha value is -3.59. The van der Waals surface area contributed by atoms with Crippen LogP contribution >= 0.6 is 0 Å². The Morgan fingerprint density at radius 1 is 0.906 bits per heavy atom. The highest BCUT2D eigenvalue weighted by atomic mass is 32.2. The Labute approximate surface area is 190 Å². The zero-order valence-electron chi connectivity index (χ0n) is 19.1. The largest absolute Gasteiger partial charge is 0.505 e. The highest BCUT2D eigenvalue weighted by molar-refractivity contribution is 7.59. The molecule has 3 rings (SSSR count). The zero-order chi connectivity index (χ0) is 24.7. The highest BCUT2D eigenvalue weighted by Crippen LogP contribution is 2.40. The molecule has 172 valence electrons. The molecule has 0 saturated carbocycles. The van der Waals surface area contributed by atoms with Crippen LogP contribution in [-0.4, -0.2) is 23.6 Å². The van der Waals surface area contributed by atoms with Crippen LogP contribution in [0.25, 0.3) is 10.8 Å². The minimum atomic E-state index is -3.11. The Kier molecular flexibility index (Phi) is 13.5. The average molecular weight is 460 g/mol. The molecule has 0 bridgehead atoms. The topological polar surface area (TPSA) is 125 Å². The molecule has 0 unspecified atom stereocenters.